The van der Waals surface area contributed by atoms with Crippen molar-refractivity contribution in [2.45, 2.75) is 53.0 Å². The van der Waals surface area contributed by atoms with Gasteiger partial charge in [0.1, 0.15) is 0 Å². The molecule has 0 spiro atoms. The van der Waals surface area contributed by atoms with Crippen LogP contribution in [0.3, 0.4) is 0 Å². The fourth-order valence-corrected chi connectivity index (χ4v) is 3.21. The SMILES string of the molecule is CCCNC(c1ccc(C)cc1Br)C(CC)CC. The van der Waals surface area contributed by atoms with Crippen LogP contribution >= 0.6 is 15.9 Å². The fourth-order valence-electron chi connectivity index (χ4n) is 2.47. The second-order valence-electron chi connectivity index (χ2n) is 5.03. The molecule has 102 valence electrons. The summed E-state index contributed by atoms with van der Waals surface area (Å²) < 4.78 is 1.24. The van der Waals surface area contributed by atoms with E-state index in [4.69, 9.17) is 0 Å². The van der Waals surface area contributed by atoms with Gasteiger partial charge >= 0.3 is 0 Å². The van der Waals surface area contributed by atoms with E-state index in [9.17, 15) is 0 Å². The molecule has 1 rings (SSSR count). The monoisotopic (exact) mass is 311 g/mol. The van der Waals surface area contributed by atoms with Crippen LogP contribution in [-0.4, -0.2) is 6.54 Å². The van der Waals surface area contributed by atoms with Gasteiger partial charge in [0.05, 0.1) is 0 Å². The van der Waals surface area contributed by atoms with Crippen LogP contribution < -0.4 is 5.32 Å². The number of nitrogens with one attached hydrogen (secondary N) is 1. The number of benzene rings is 1. The third-order valence-corrected chi connectivity index (χ3v) is 4.31. The Bertz CT molecular complexity index is 358. The summed E-state index contributed by atoms with van der Waals surface area (Å²) in [5.74, 6) is 0.704. The number of hydrogen-bond acceptors (Lipinski definition) is 1. The van der Waals surface area contributed by atoms with Crippen molar-refractivity contribution in [3.05, 3.63) is 33.8 Å². The summed E-state index contributed by atoms with van der Waals surface area (Å²) in [6, 6.07) is 7.17. The van der Waals surface area contributed by atoms with Crippen LogP contribution in [0.2, 0.25) is 0 Å². The van der Waals surface area contributed by atoms with Crippen molar-refractivity contribution in [1.29, 1.82) is 0 Å². The minimum atomic E-state index is 0.468. The molecule has 0 radical (unpaired) electrons. The summed E-state index contributed by atoms with van der Waals surface area (Å²) in [5.41, 5.74) is 2.71. The van der Waals surface area contributed by atoms with Crippen LogP contribution in [-0.2, 0) is 0 Å². The first-order valence-corrected chi connectivity index (χ1v) is 7.92. The van der Waals surface area contributed by atoms with Gasteiger partial charge in [-0.25, -0.2) is 0 Å². The van der Waals surface area contributed by atoms with Gasteiger partial charge in [-0.2, -0.15) is 0 Å². The molecular weight excluding hydrogens is 286 g/mol. The Morgan fingerprint density at radius 2 is 1.83 bits per heavy atom. The second kappa shape index (κ2) is 7.96. The third kappa shape index (κ3) is 4.10. The Hall–Kier alpha value is -0.340. The van der Waals surface area contributed by atoms with Gasteiger partial charge in [-0.05, 0) is 43.0 Å². The summed E-state index contributed by atoms with van der Waals surface area (Å²) in [4.78, 5) is 0. The quantitative estimate of drug-likeness (QED) is 0.726. The first-order chi connectivity index (χ1) is 8.63. The molecule has 1 unspecified atom stereocenters. The number of rotatable bonds is 7. The van der Waals surface area contributed by atoms with Crippen molar-refractivity contribution < 1.29 is 0 Å². The van der Waals surface area contributed by atoms with Crippen LogP contribution in [0.15, 0.2) is 22.7 Å². The Morgan fingerprint density at radius 3 is 2.33 bits per heavy atom. The van der Waals surface area contributed by atoms with Crippen molar-refractivity contribution in [3.8, 4) is 0 Å². The minimum Gasteiger partial charge on any atom is -0.310 e. The summed E-state index contributed by atoms with van der Waals surface area (Å²) >= 11 is 3.73. The van der Waals surface area contributed by atoms with Crippen molar-refractivity contribution in [1.82, 2.24) is 5.32 Å². The summed E-state index contributed by atoms with van der Waals surface area (Å²) in [6.45, 7) is 10.0. The number of hydrogen-bond donors (Lipinski definition) is 1. The first-order valence-electron chi connectivity index (χ1n) is 7.13. The maximum atomic E-state index is 3.73. The highest BCUT2D eigenvalue weighted by Crippen LogP contribution is 2.32. The Balaban J connectivity index is 3.00. The molecule has 0 aromatic heterocycles. The van der Waals surface area contributed by atoms with E-state index in [1.807, 2.05) is 0 Å². The van der Waals surface area contributed by atoms with Crippen LogP contribution in [0.1, 0.15) is 57.2 Å². The summed E-state index contributed by atoms with van der Waals surface area (Å²) in [6.07, 6.45) is 3.62. The normalized spacial score (nSPS) is 13.0. The third-order valence-electron chi connectivity index (χ3n) is 3.63. The molecule has 1 aromatic carbocycles. The average Bonchev–Trinajstić information content (AvgIpc) is 2.35. The predicted octanol–water partition coefficient (Wildman–Crippen LogP) is 5.23. The lowest BCUT2D eigenvalue weighted by molar-refractivity contribution is 0.340. The van der Waals surface area contributed by atoms with Crippen molar-refractivity contribution >= 4 is 15.9 Å². The zero-order valence-electron chi connectivity index (χ0n) is 12.1. The molecule has 0 fully saturated rings. The van der Waals surface area contributed by atoms with E-state index in [0.717, 1.165) is 6.54 Å². The Morgan fingerprint density at radius 1 is 1.17 bits per heavy atom. The number of aryl methyl sites for hydroxylation is 1. The zero-order valence-corrected chi connectivity index (χ0v) is 13.7. The predicted molar refractivity (Wildman–Crippen MR) is 84.0 cm³/mol. The molecule has 1 nitrogen and oxygen atoms in total. The van der Waals surface area contributed by atoms with Crippen LogP contribution in [0, 0.1) is 12.8 Å². The van der Waals surface area contributed by atoms with E-state index >= 15 is 0 Å². The van der Waals surface area contributed by atoms with Crippen LogP contribution in [0.5, 0.6) is 0 Å². The van der Waals surface area contributed by atoms with Gasteiger partial charge in [0.2, 0.25) is 0 Å². The topological polar surface area (TPSA) is 12.0 Å². The van der Waals surface area contributed by atoms with Gasteiger partial charge in [-0.1, -0.05) is 61.7 Å². The lowest BCUT2D eigenvalue weighted by atomic mass is 9.88. The molecular formula is C16H26BrN. The van der Waals surface area contributed by atoms with Gasteiger partial charge in [0.15, 0.2) is 0 Å². The summed E-state index contributed by atoms with van der Waals surface area (Å²) in [5, 5.41) is 3.72. The van der Waals surface area contributed by atoms with Gasteiger partial charge in [-0.3, -0.25) is 0 Å². The highest BCUT2D eigenvalue weighted by atomic mass is 79.9. The van der Waals surface area contributed by atoms with Crippen LogP contribution in [0.25, 0.3) is 0 Å². The highest BCUT2D eigenvalue weighted by Gasteiger charge is 2.21. The first kappa shape index (κ1) is 15.7. The molecule has 2 heteroatoms. The highest BCUT2D eigenvalue weighted by molar-refractivity contribution is 9.10. The van der Waals surface area contributed by atoms with Crippen molar-refractivity contribution in [2.24, 2.45) is 5.92 Å². The average molecular weight is 312 g/mol. The Kier molecular flexibility index (Phi) is 6.95. The van der Waals surface area contributed by atoms with E-state index in [0.29, 0.717) is 12.0 Å². The molecule has 0 aliphatic heterocycles. The molecule has 18 heavy (non-hydrogen) atoms. The number of halogens is 1. The van der Waals surface area contributed by atoms with Crippen molar-refractivity contribution in [3.63, 3.8) is 0 Å². The second-order valence-corrected chi connectivity index (χ2v) is 5.89. The largest absolute Gasteiger partial charge is 0.310 e. The van der Waals surface area contributed by atoms with Gasteiger partial charge in [-0.15, -0.1) is 0 Å². The smallest absolute Gasteiger partial charge is 0.0359 e. The summed E-state index contributed by atoms with van der Waals surface area (Å²) in [7, 11) is 0. The fraction of sp³-hybridized carbons (Fsp3) is 0.625. The van der Waals surface area contributed by atoms with Gasteiger partial charge < -0.3 is 5.32 Å². The molecule has 0 saturated carbocycles. The standard InChI is InChI=1S/C16H26BrN/c1-5-10-18-16(13(6-2)7-3)14-9-8-12(4)11-15(14)17/h8-9,11,13,16,18H,5-7,10H2,1-4H3. The van der Waals surface area contributed by atoms with Gasteiger partial charge in [0.25, 0.3) is 0 Å². The maximum Gasteiger partial charge on any atom is 0.0359 e. The van der Waals surface area contributed by atoms with Crippen LogP contribution in [0.4, 0.5) is 0 Å². The molecule has 0 amide bonds. The molecule has 0 bridgehead atoms. The molecule has 0 heterocycles. The molecule has 0 aliphatic carbocycles. The lowest BCUT2D eigenvalue weighted by Gasteiger charge is -2.28. The van der Waals surface area contributed by atoms with Crippen molar-refractivity contribution in [2.75, 3.05) is 6.54 Å². The molecule has 1 N–H and O–H groups in total. The van der Waals surface area contributed by atoms with E-state index in [1.54, 1.807) is 0 Å². The molecule has 0 aliphatic rings. The maximum absolute atomic E-state index is 3.73. The minimum absolute atomic E-state index is 0.468. The molecule has 1 atom stereocenters. The van der Waals surface area contributed by atoms with E-state index in [-0.39, 0.29) is 0 Å². The lowest BCUT2D eigenvalue weighted by Crippen LogP contribution is -2.29. The van der Waals surface area contributed by atoms with E-state index in [2.05, 4.69) is 67.1 Å². The van der Waals surface area contributed by atoms with E-state index < -0.39 is 0 Å². The van der Waals surface area contributed by atoms with Gasteiger partial charge in [0, 0.05) is 10.5 Å². The zero-order chi connectivity index (χ0) is 13.5. The molecule has 1 aromatic rings. The molecule has 0 saturated heterocycles. The van der Waals surface area contributed by atoms with E-state index in [1.165, 1.54) is 34.9 Å². The Labute approximate surface area is 120 Å².